The van der Waals surface area contributed by atoms with Gasteiger partial charge >= 0.3 is 6.03 Å². The van der Waals surface area contributed by atoms with Crippen molar-refractivity contribution in [3.63, 3.8) is 0 Å². The Kier molecular flexibility index (Phi) is 4.23. The summed E-state index contributed by atoms with van der Waals surface area (Å²) in [7, 11) is -2.64. The quantitative estimate of drug-likeness (QED) is 0.671. The maximum Gasteiger partial charge on any atom is 0.322 e. The molecule has 166 valence electrons. The molecule has 2 fully saturated rings. The van der Waals surface area contributed by atoms with E-state index in [1.807, 2.05) is 0 Å². The standard InChI is InChI=1S/C21H17F2N3O5S/c1-26(32(30,31)13-3-4-13)17(27)7-10-6-12(23)9-16-18(10)14-5-2-11(22)8-15(14)21(16)19(28)24-20(29)25-21/h2,5-6,8-9,13H,3-4,7H2,1H3,(H2,24,25,28,29). The Morgan fingerprint density at radius 3 is 2.44 bits per heavy atom. The molecule has 32 heavy (non-hydrogen) atoms. The first-order valence-corrected chi connectivity index (χ1v) is 11.3. The molecule has 1 aliphatic heterocycles. The minimum Gasteiger partial charge on any atom is -0.316 e. The number of sulfonamides is 1. The number of hydrogen-bond acceptors (Lipinski definition) is 5. The molecule has 0 bridgehead atoms. The lowest BCUT2D eigenvalue weighted by molar-refractivity contribution is -0.125. The van der Waals surface area contributed by atoms with Crippen molar-refractivity contribution in [1.82, 2.24) is 14.9 Å². The van der Waals surface area contributed by atoms with Gasteiger partial charge in [-0.25, -0.2) is 26.3 Å². The van der Waals surface area contributed by atoms with Gasteiger partial charge in [-0.05, 0) is 53.8 Å². The average Bonchev–Trinajstić information content (AvgIpc) is 3.49. The van der Waals surface area contributed by atoms with E-state index >= 15 is 0 Å². The van der Waals surface area contributed by atoms with Gasteiger partial charge in [-0.15, -0.1) is 0 Å². The van der Waals surface area contributed by atoms with E-state index < -0.39 is 56.7 Å². The first kappa shape index (κ1) is 20.6. The van der Waals surface area contributed by atoms with Gasteiger partial charge < -0.3 is 5.32 Å². The number of likely N-dealkylation sites (N-methyl/N-ethyl adjacent to an activating group) is 1. The first-order valence-electron chi connectivity index (χ1n) is 9.83. The van der Waals surface area contributed by atoms with Crippen LogP contribution in [0.1, 0.15) is 29.5 Å². The highest BCUT2D eigenvalue weighted by atomic mass is 32.2. The summed E-state index contributed by atoms with van der Waals surface area (Å²) in [6, 6.07) is 4.91. The molecule has 11 heteroatoms. The second kappa shape index (κ2) is 6.58. The van der Waals surface area contributed by atoms with Gasteiger partial charge in [0.05, 0.1) is 11.7 Å². The summed E-state index contributed by atoms with van der Waals surface area (Å²) in [6.45, 7) is 0. The molecular formula is C21H17F2N3O5S. The number of nitrogens with one attached hydrogen (secondary N) is 2. The van der Waals surface area contributed by atoms with Gasteiger partial charge in [-0.2, -0.15) is 0 Å². The van der Waals surface area contributed by atoms with Gasteiger partial charge in [0.1, 0.15) is 11.6 Å². The van der Waals surface area contributed by atoms with Crippen molar-refractivity contribution in [3.05, 3.63) is 58.7 Å². The van der Waals surface area contributed by atoms with Gasteiger partial charge in [0.15, 0.2) is 5.54 Å². The number of imide groups is 1. The molecule has 1 saturated carbocycles. The molecule has 3 aliphatic rings. The van der Waals surface area contributed by atoms with E-state index in [9.17, 15) is 31.6 Å². The fraction of sp³-hybridized carbons (Fsp3) is 0.286. The van der Waals surface area contributed by atoms with Crippen LogP contribution in [0.2, 0.25) is 0 Å². The largest absolute Gasteiger partial charge is 0.322 e. The van der Waals surface area contributed by atoms with Crippen molar-refractivity contribution in [2.45, 2.75) is 30.1 Å². The molecular weight excluding hydrogens is 444 g/mol. The molecule has 2 aromatic carbocycles. The molecule has 5 rings (SSSR count). The molecule has 2 aliphatic carbocycles. The Labute approximate surface area is 181 Å². The summed E-state index contributed by atoms with van der Waals surface area (Å²) >= 11 is 0. The van der Waals surface area contributed by atoms with Gasteiger partial charge in [0.2, 0.25) is 15.9 Å². The molecule has 0 aromatic heterocycles. The number of carbonyl (C=O) groups excluding carboxylic acids is 3. The second-order valence-corrected chi connectivity index (χ2v) is 10.4. The third kappa shape index (κ3) is 2.77. The fourth-order valence-corrected chi connectivity index (χ4v) is 5.97. The van der Waals surface area contributed by atoms with Crippen LogP contribution in [-0.4, -0.2) is 42.9 Å². The lowest BCUT2D eigenvalue weighted by Gasteiger charge is -2.23. The number of nitrogens with zero attached hydrogens (tertiary/aromatic N) is 1. The zero-order valence-electron chi connectivity index (χ0n) is 16.7. The van der Waals surface area contributed by atoms with Crippen LogP contribution < -0.4 is 10.6 Å². The van der Waals surface area contributed by atoms with Crippen LogP contribution in [0.4, 0.5) is 13.6 Å². The maximum atomic E-state index is 14.6. The summed E-state index contributed by atoms with van der Waals surface area (Å²) < 4.78 is 54.3. The molecule has 8 nitrogen and oxygen atoms in total. The van der Waals surface area contributed by atoms with Crippen LogP contribution >= 0.6 is 0 Å². The maximum absolute atomic E-state index is 14.6. The predicted molar refractivity (Wildman–Crippen MR) is 108 cm³/mol. The molecule has 1 unspecified atom stereocenters. The Balaban J connectivity index is 1.66. The molecule has 2 aromatic rings. The van der Waals surface area contributed by atoms with Crippen molar-refractivity contribution in [1.29, 1.82) is 0 Å². The minimum absolute atomic E-state index is 0.0527. The molecule has 1 atom stereocenters. The highest BCUT2D eigenvalue weighted by Crippen LogP contribution is 2.51. The first-order chi connectivity index (χ1) is 15.1. The summed E-state index contributed by atoms with van der Waals surface area (Å²) in [6.07, 6.45) is 0.488. The average molecular weight is 461 g/mol. The number of rotatable bonds is 4. The van der Waals surface area contributed by atoms with Gasteiger partial charge in [0, 0.05) is 18.2 Å². The van der Waals surface area contributed by atoms with Crippen LogP contribution in [0, 0.1) is 11.6 Å². The molecule has 2 N–H and O–H groups in total. The highest BCUT2D eigenvalue weighted by molar-refractivity contribution is 7.90. The number of carbonyl (C=O) groups is 3. The molecule has 1 heterocycles. The summed E-state index contributed by atoms with van der Waals surface area (Å²) in [4.78, 5) is 37.6. The van der Waals surface area contributed by atoms with Crippen LogP contribution in [0.25, 0.3) is 11.1 Å². The number of amides is 4. The Hall–Kier alpha value is -3.34. The monoisotopic (exact) mass is 461 g/mol. The van der Waals surface area contributed by atoms with Crippen LogP contribution in [0.15, 0.2) is 30.3 Å². The van der Waals surface area contributed by atoms with Gasteiger partial charge in [-0.1, -0.05) is 6.07 Å². The number of halogens is 2. The zero-order chi connectivity index (χ0) is 23.0. The van der Waals surface area contributed by atoms with Crippen molar-refractivity contribution in [3.8, 4) is 11.1 Å². The lowest BCUT2D eigenvalue weighted by Crippen LogP contribution is -2.43. The summed E-state index contributed by atoms with van der Waals surface area (Å²) in [5.74, 6) is -3.03. The Bertz CT molecular complexity index is 1340. The minimum atomic E-state index is -3.79. The second-order valence-electron chi connectivity index (χ2n) is 8.12. The lowest BCUT2D eigenvalue weighted by atomic mass is 9.87. The normalized spacial score (nSPS) is 21.2. The number of benzene rings is 2. The molecule has 4 amide bonds. The number of hydrogen-bond donors (Lipinski definition) is 2. The van der Waals surface area contributed by atoms with Crippen molar-refractivity contribution >= 4 is 27.9 Å². The highest BCUT2D eigenvalue weighted by Gasteiger charge is 2.56. The van der Waals surface area contributed by atoms with Crippen molar-refractivity contribution in [2.24, 2.45) is 0 Å². The number of fused-ring (bicyclic) bond motifs is 5. The van der Waals surface area contributed by atoms with E-state index in [-0.39, 0.29) is 22.3 Å². The van der Waals surface area contributed by atoms with Crippen LogP contribution in [-0.2, 0) is 31.6 Å². The summed E-state index contributed by atoms with van der Waals surface area (Å²) in [5, 5.41) is 3.97. The Morgan fingerprint density at radius 2 is 1.81 bits per heavy atom. The van der Waals surface area contributed by atoms with Crippen LogP contribution in [0.5, 0.6) is 0 Å². The van der Waals surface area contributed by atoms with E-state index in [0.717, 1.165) is 31.3 Å². The number of urea groups is 1. The van der Waals surface area contributed by atoms with Crippen molar-refractivity contribution in [2.75, 3.05) is 7.05 Å². The zero-order valence-corrected chi connectivity index (χ0v) is 17.6. The van der Waals surface area contributed by atoms with Gasteiger partial charge in [-0.3, -0.25) is 14.9 Å². The SMILES string of the molecule is CN(C(=O)Cc1cc(F)cc2c1-c1ccc(F)cc1C21NC(=O)NC1=O)S(=O)(=O)C1CC1. The van der Waals surface area contributed by atoms with Gasteiger partial charge in [0.25, 0.3) is 5.91 Å². The Morgan fingerprint density at radius 1 is 1.12 bits per heavy atom. The molecule has 1 spiro atoms. The molecule has 1 saturated heterocycles. The van der Waals surface area contributed by atoms with E-state index in [1.165, 1.54) is 6.07 Å². The predicted octanol–water partition coefficient (Wildman–Crippen LogP) is 1.52. The van der Waals surface area contributed by atoms with E-state index in [2.05, 4.69) is 10.6 Å². The third-order valence-electron chi connectivity index (χ3n) is 6.13. The van der Waals surface area contributed by atoms with E-state index in [4.69, 9.17) is 0 Å². The topological polar surface area (TPSA) is 113 Å². The fourth-order valence-electron chi connectivity index (χ4n) is 4.45. The smallest absolute Gasteiger partial charge is 0.316 e. The van der Waals surface area contributed by atoms with E-state index in [0.29, 0.717) is 22.7 Å². The molecule has 0 radical (unpaired) electrons. The summed E-state index contributed by atoms with van der Waals surface area (Å²) in [5.41, 5.74) is -0.943. The van der Waals surface area contributed by atoms with E-state index in [1.54, 1.807) is 0 Å². The third-order valence-corrected chi connectivity index (χ3v) is 8.41. The van der Waals surface area contributed by atoms with Crippen molar-refractivity contribution < 1.29 is 31.6 Å². The van der Waals surface area contributed by atoms with Crippen LogP contribution in [0.3, 0.4) is 0 Å².